The van der Waals surface area contributed by atoms with Crippen molar-refractivity contribution in [2.24, 2.45) is 11.8 Å². The maximum absolute atomic E-state index is 13.5. The van der Waals surface area contributed by atoms with Crippen LogP contribution < -0.4 is 15.1 Å². The van der Waals surface area contributed by atoms with Crippen molar-refractivity contribution in [1.82, 2.24) is 0 Å². The summed E-state index contributed by atoms with van der Waals surface area (Å²) in [6.07, 6.45) is 6.04. The van der Waals surface area contributed by atoms with Crippen LogP contribution in [0.25, 0.3) is 5.57 Å². The van der Waals surface area contributed by atoms with Crippen LogP contribution in [0, 0.1) is 11.8 Å². The van der Waals surface area contributed by atoms with E-state index in [-0.39, 0.29) is 11.0 Å². The molecule has 194 valence electrons. The molecule has 0 fully saturated rings. The number of carbonyl (C=O) groups excluding carboxylic acids is 1. The van der Waals surface area contributed by atoms with E-state index in [0.29, 0.717) is 18.1 Å². The van der Waals surface area contributed by atoms with Gasteiger partial charge in [0.05, 0.1) is 7.11 Å². The van der Waals surface area contributed by atoms with Crippen LogP contribution in [0.1, 0.15) is 58.9 Å². The SMILES string of the molecule is CCCCC(=O)C1CC(C[Si](c2ccccc2)(c2ccccc2)C(C)(C)C)C=C1c1ccc(OC)cc1. The molecule has 0 saturated heterocycles. The molecule has 0 aromatic heterocycles. The van der Waals surface area contributed by atoms with Gasteiger partial charge in [-0.2, -0.15) is 0 Å². The molecule has 2 nitrogen and oxygen atoms in total. The van der Waals surface area contributed by atoms with Gasteiger partial charge in [0, 0.05) is 12.3 Å². The zero-order valence-corrected chi connectivity index (χ0v) is 24.2. The molecule has 0 spiro atoms. The Labute approximate surface area is 224 Å². The number of benzene rings is 3. The topological polar surface area (TPSA) is 26.3 Å². The minimum Gasteiger partial charge on any atom is -0.497 e. The molecular formula is C34H42O2Si. The van der Waals surface area contributed by atoms with Crippen LogP contribution in [0.2, 0.25) is 11.1 Å². The number of carbonyl (C=O) groups is 1. The maximum atomic E-state index is 13.5. The third kappa shape index (κ3) is 5.67. The Bertz CT molecular complexity index is 1150. The molecule has 3 aromatic rings. The Morgan fingerprint density at radius 2 is 1.46 bits per heavy atom. The van der Waals surface area contributed by atoms with Crippen molar-refractivity contribution in [2.45, 2.75) is 64.5 Å². The van der Waals surface area contributed by atoms with E-state index in [1.165, 1.54) is 15.9 Å². The van der Waals surface area contributed by atoms with Crippen molar-refractivity contribution in [3.63, 3.8) is 0 Å². The Kier molecular flexibility index (Phi) is 8.54. The molecule has 0 heterocycles. The summed E-state index contributed by atoms with van der Waals surface area (Å²) in [4.78, 5) is 13.5. The third-order valence-electron chi connectivity index (χ3n) is 8.30. The van der Waals surface area contributed by atoms with Crippen molar-refractivity contribution in [2.75, 3.05) is 7.11 Å². The normalized spacial score (nSPS) is 17.9. The summed E-state index contributed by atoms with van der Waals surface area (Å²) in [5, 5.41) is 3.07. The van der Waals surface area contributed by atoms with E-state index in [0.717, 1.165) is 36.6 Å². The Balaban J connectivity index is 1.79. The molecule has 4 rings (SSSR count). The summed E-state index contributed by atoms with van der Waals surface area (Å²) in [5.74, 6) is 1.58. The van der Waals surface area contributed by atoms with Gasteiger partial charge in [0.15, 0.2) is 0 Å². The molecule has 0 radical (unpaired) electrons. The number of allylic oxidation sites excluding steroid dienone is 2. The monoisotopic (exact) mass is 510 g/mol. The van der Waals surface area contributed by atoms with Gasteiger partial charge >= 0.3 is 0 Å². The first-order valence-corrected chi connectivity index (χ1v) is 16.0. The van der Waals surface area contributed by atoms with Crippen LogP contribution >= 0.6 is 0 Å². The molecule has 0 N–H and O–H groups in total. The molecule has 0 saturated carbocycles. The average molecular weight is 511 g/mol. The van der Waals surface area contributed by atoms with E-state index in [9.17, 15) is 4.79 Å². The number of ketones is 1. The van der Waals surface area contributed by atoms with Gasteiger partial charge in [-0.15, -0.1) is 0 Å². The van der Waals surface area contributed by atoms with E-state index >= 15 is 0 Å². The lowest BCUT2D eigenvalue weighted by atomic mass is 9.88. The number of unbranched alkanes of at least 4 members (excludes halogenated alkanes) is 1. The van der Waals surface area contributed by atoms with Gasteiger partial charge < -0.3 is 4.74 Å². The highest BCUT2D eigenvalue weighted by Gasteiger charge is 2.49. The Morgan fingerprint density at radius 3 is 1.95 bits per heavy atom. The quantitative estimate of drug-likeness (QED) is 0.263. The number of Topliss-reactive ketones (excluding diaryl/α,β-unsaturated/α-hetero) is 1. The molecule has 2 atom stereocenters. The highest BCUT2D eigenvalue weighted by atomic mass is 28.3. The van der Waals surface area contributed by atoms with E-state index in [1.807, 2.05) is 12.1 Å². The first-order valence-electron chi connectivity index (χ1n) is 13.8. The number of hydrogen-bond acceptors (Lipinski definition) is 2. The van der Waals surface area contributed by atoms with Gasteiger partial charge in [0.1, 0.15) is 19.6 Å². The lowest BCUT2D eigenvalue weighted by Crippen LogP contribution is -2.64. The first-order chi connectivity index (χ1) is 17.8. The van der Waals surface area contributed by atoms with Crippen molar-refractivity contribution in [3.05, 3.63) is 96.6 Å². The summed E-state index contributed by atoms with van der Waals surface area (Å²) in [6.45, 7) is 9.43. The van der Waals surface area contributed by atoms with Crippen molar-refractivity contribution in [1.29, 1.82) is 0 Å². The number of rotatable bonds is 10. The molecule has 37 heavy (non-hydrogen) atoms. The number of hydrogen-bond donors (Lipinski definition) is 0. The second-order valence-electron chi connectivity index (χ2n) is 11.6. The smallest absolute Gasteiger partial charge is 0.140 e. The number of methoxy groups -OCH3 is 1. The van der Waals surface area contributed by atoms with Gasteiger partial charge in [0.25, 0.3) is 0 Å². The minimum atomic E-state index is -2.23. The van der Waals surface area contributed by atoms with Gasteiger partial charge in [-0.1, -0.05) is 123 Å². The van der Waals surface area contributed by atoms with E-state index in [2.05, 4.69) is 107 Å². The van der Waals surface area contributed by atoms with Gasteiger partial charge in [-0.3, -0.25) is 4.79 Å². The fraction of sp³-hybridized carbons (Fsp3) is 0.382. The average Bonchev–Trinajstić information content (AvgIpc) is 3.34. The van der Waals surface area contributed by atoms with Gasteiger partial charge in [-0.05, 0) is 53.1 Å². The molecule has 0 bridgehead atoms. The molecule has 3 heteroatoms. The van der Waals surface area contributed by atoms with E-state index < -0.39 is 8.07 Å². The lowest BCUT2D eigenvalue weighted by molar-refractivity contribution is -0.121. The van der Waals surface area contributed by atoms with E-state index in [1.54, 1.807) is 7.11 Å². The predicted octanol–water partition coefficient (Wildman–Crippen LogP) is 7.54. The molecule has 0 aliphatic heterocycles. The van der Waals surface area contributed by atoms with Crippen molar-refractivity contribution >= 4 is 29.8 Å². The molecule has 0 amide bonds. The number of ether oxygens (including phenoxy) is 1. The van der Waals surface area contributed by atoms with Crippen LogP contribution in [-0.2, 0) is 4.79 Å². The molecule has 1 aliphatic rings. The summed E-state index contributed by atoms with van der Waals surface area (Å²) in [6, 6.07) is 31.8. The summed E-state index contributed by atoms with van der Waals surface area (Å²) < 4.78 is 5.40. The van der Waals surface area contributed by atoms with Crippen LogP contribution in [-0.4, -0.2) is 21.0 Å². The highest BCUT2D eigenvalue weighted by Crippen LogP contribution is 2.46. The summed E-state index contributed by atoms with van der Waals surface area (Å²) >= 11 is 0. The van der Waals surface area contributed by atoms with Gasteiger partial charge in [0.2, 0.25) is 0 Å². The predicted molar refractivity (Wildman–Crippen MR) is 160 cm³/mol. The maximum Gasteiger partial charge on any atom is 0.140 e. The van der Waals surface area contributed by atoms with Crippen molar-refractivity contribution in [3.8, 4) is 5.75 Å². The second kappa shape index (κ2) is 11.6. The van der Waals surface area contributed by atoms with Crippen LogP contribution in [0.3, 0.4) is 0 Å². The van der Waals surface area contributed by atoms with Crippen molar-refractivity contribution < 1.29 is 9.53 Å². The Morgan fingerprint density at radius 1 is 0.892 bits per heavy atom. The largest absolute Gasteiger partial charge is 0.497 e. The first kappa shape index (κ1) is 27.1. The van der Waals surface area contributed by atoms with Crippen LogP contribution in [0.4, 0.5) is 0 Å². The molecule has 3 aromatic carbocycles. The molecule has 1 aliphatic carbocycles. The summed E-state index contributed by atoms with van der Waals surface area (Å²) in [5.41, 5.74) is 2.37. The fourth-order valence-electron chi connectivity index (χ4n) is 6.33. The van der Waals surface area contributed by atoms with E-state index in [4.69, 9.17) is 4.74 Å². The third-order valence-corrected chi connectivity index (χ3v) is 14.6. The Hall–Kier alpha value is -2.91. The standard InChI is InChI=1S/C34H42O2Si/c1-6-7-18-33(35)32-24-26(23-31(32)27-19-21-28(36-5)22-20-27)25-37(34(2,3)4,29-14-10-8-11-15-29)30-16-12-9-13-17-30/h8-17,19-23,26,32H,6-7,18,24-25H2,1-5H3. The zero-order valence-electron chi connectivity index (χ0n) is 23.2. The highest BCUT2D eigenvalue weighted by molar-refractivity contribution is 7.04. The zero-order chi connectivity index (χ0) is 26.5. The summed E-state index contributed by atoms with van der Waals surface area (Å²) in [7, 11) is -0.530. The van der Waals surface area contributed by atoms with Crippen LogP contribution in [0.15, 0.2) is 91.0 Å². The van der Waals surface area contributed by atoms with Gasteiger partial charge in [-0.25, -0.2) is 0 Å². The fourth-order valence-corrected chi connectivity index (χ4v) is 12.1. The molecular weight excluding hydrogens is 468 g/mol. The van der Waals surface area contributed by atoms with Crippen LogP contribution in [0.5, 0.6) is 5.75 Å². The second-order valence-corrected chi connectivity index (χ2v) is 16.4. The molecule has 2 unspecified atom stereocenters. The minimum absolute atomic E-state index is 0.0249. The lowest BCUT2D eigenvalue weighted by Gasteiger charge is -2.45.